The van der Waals surface area contributed by atoms with E-state index in [1.165, 1.54) is 48.5 Å². The number of carbonyl (C=O) groups is 1. The molecule has 0 spiro atoms. The number of rotatable bonds is 9. The number of nitro groups is 1. The monoisotopic (exact) mass is 480 g/mol. The molecule has 6 nitrogen and oxygen atoms in total. The summed E-state index contributed by atoms with van der Waals surface area (Å²) >= 11 is 0. The zero-order valence-corrected chi connectivity index (χ0v) is 19.1. The molecule has 1 fully saturated rings. The van der Waals surface area contributed by atoms with E-state index in [2.05, 4.69) is 4.90 Å². The summed E-state index contributed by atoms with van der Waals surface area (Å²) in [6, 6.07) is 17.7. The lowest BCUT2D eigenvalue weighted by Gasteiger charge is -2.32. The maximum Gasteiger partial charge on any atom is 0.269 e. The lowest BCUT2D eigenvalue weighted by atomic mass is 9.88. The van der Waals surface area contributed by atoms with Gasteiger partial charge in [-0.1, -0.05) is 12.1 Å². The third-order valence-corrected chi connectivity index (χ3v) is 6.36. The predicted octanol–water partition coefficient (Wildman–Crippen LogP) is 5.98. The van der Waals surface area contributed by atoms with Gasteiger partial charge in [0.05, 0.1) is 4.92 Å². The van der Waals surface area contributed by atoms with Crippen LogP contribution in [0.5, 0.6) is 5.75 Å². The molecule has 1 atom stereocenters. The number of likely N-dealkylation sites (tertiary alicyclic amines) is 1. The molecule has 0 amide bonds. The fourth-order valence-electron chi connectivity index (χ4n) is 4.35. The Bertz CT molecular complexity index is 1140. The van der Waals surface area contributed by atoms with Gasteiger partial charge in [0, 0.05) is 36.6 Å². The average molecular weight is 481 g/mol. The highest BCUT2D eigenvalue weighted by Gasteiger charge is 2.26. The highest BCUT2D eigenvalue weighted by Crippen LogP contribution is 2.28. The number of benzene rings is 3. The maximum absolute atomic E-state index is 13.5. The van der Waals surface area contributed by atoms with Crippen LogP contribution in [0.3, 0.4) is 0 Å². The second-order valence-electron chi connectivity index (χ2n) is 8.68. The van der Waals surface area contributed by atoms with Crippen LogP contribution in [0.4, 0.5) is 14.5 Å². The van der Waals surface area contributed by atoms with Crippen molar-refractivity contribution in [1.82, 2.24) is 4.90 Å². The standard InChI is InChI=1S/C27H26F2N2O4/c28-22-5-1-19(2-6-22)26(35-25-11-9-24(10-12-25)31(33)34)15-18-30-16-13-21(14-17-30)27(32)20-3-7-23(29)8-4-20/h1-12,21,26H,13-18H2. The Balaban J connectivity index is 1.36. The quantitative estimate of drug-likeness (QED) is 0.214. The largest absolute Gasteiger partial charge is 0.486 e. The summed E-state index contributed by atoms with van der Waals surface area (Å²) in [5.41, 5.74) is 1.33. The first-order valence-corrected chi connectivity index (χ1v) is 11.6. The highest BCUT2D eigenvalue weighted by molar-refractivity contribution is 5.97. The van der Waals surface area contributed by atoms with E-state index in [-0.39, 0.29) is 35.1 Å². The van der Waals surface area contributed by atoms with Gasteiger partial charge in [-0.15, -0.1) is 0 Å². The van der Waals surface area contributed by atoms with Gasteiger partial charge >= 0.3 is 0 Å². The van der Waals surface area contributed by atoms with E-state index in [9.17, 15) is 23.7 Å². The molecule has 4 rings (SSSR count). The molecule has 1 aliphatic heterocycles. The van der Waals surface area contributed by atoms with Crippen LogP contribution in [0.1, 0.15) is 41.3 Å². The van der Waals surface area contributed by atoms with Gasteiger partial charge in [-0.2, -0.15) is 0 Å². The fourth-order valence-corrected chi connectivity index (χ4v) is 4.35. The Morgan fingerprint density at radius 1 is 0.943 bits per heavy atom. The molecule has 1 aliphatic rings. The summed E-state index contributed by atoms with van der Waals surface area (Å²) in [5, 5.41) is 10.9. The highest BCUT2D eigenvalue weighted by atomic mass is 19.1. The number of ether oxygens (including phenoxy) is 1. The number of carbonyl (C=O) groups excluding carboxylic acids is 1. The summed E-state index contributed by atoms with van der Waals surface area (Å²) in [7, 11) is 0. The molecule has 8 heteroatoms. The van der Waals surface area contributed by atoms with Crippen molar-refractivity contribution in [3.63, 3.8) is 0 Å². The van der Waals surface area contributed by atoms with Crippen LogP contribution in [0, 0.1) is 27.7 Å². The Labute approximate surface area is 202 Å². The Morgan fingerprint density at radius 2 is 1.51 bits per heavy atom. The SMILES string of the molecule is O=C(c1ccc(F)cc1)C1CCN(CCC(Oc2ccc([N+](=O)[O-])cc2)c2ccc(F)cc2)CC1. The third-order valence-electron chi connectivity index (χ3n) is 6.36. The molecule has 35 heavy (non-hydrogen) atoms. The molecule has 3 aromatic rings. The molecule has 182 valence electrons. The van der Waals surface area contributed by atoms with E-state index in [1.54, 1.807) is 24.3 Å². The van der Waals surface area contributed by atoms with Crippen molar-refractivity contribution in [2.24, 2.45) is 5.92 Å². The van der Waals surface area contributed by atoms with Gasteiger partial charge in [-0.3, -0.25) is 14.9 Å². The van der Waals surface area contributed by atoms with Crippen molar-refractivity contribution < 1.29 is 23.2 Å². The van der Waals surface area contributed by atoms with Gasteiger partial charge in [-0.25, -0.2) is 8.78 Å². The van der Waals surface area contributed by atoms with E-state index < -0.39 is 4.92 Å². The first-order chi connectivity index (χ1) is 16.9. The molecular weight excluding hydrogens is 454 g/mol. The molecule has 0 saturated carbocycles. The minimum atomic E-state index is -0.467. The van der Waals surface area contributed by atoms with Crippen molar-refractivity contribution >= 4 is 11.5 Å². The summed E-state index contributed by atoms with van der Waals surface area (Å²) in [4.78, 5) is 25.4. The normalized spacial score (nSPS) is 15.5. The van der Waals surface area contributed by atoms with Crippen molar-refractivity contribution in [2.75, 3.05) is 19.6 Å². The van der Waals surface area contributed by atoms with Crippen molar-refractivity contribution in [2.45, 2.75) is 25.4 Å². The van der Waals surface area contributed by atoms with Crippen molar-refractivity contribution in [1.29, 1.82) is 0 Å². The van der Waals surface area contributed by atoms with Gasteiger partial charge in [0.25, 0.3) is 5.69 Å². The zero-order valence-electron chi connectivity index (χ0n) is 19.1. The van der Waals surface area contributed by atoms with Crippen LogP contribution in [-0.2, 0) is 0 Å². The van der Waals surface area contributed by atoms with Crippen LogP contribution < -0.4 is 4.74 Å². The lowest BCUT2D eigenvalue weighted by molar-refractivity contribution is -0.384. The second-order valence-corrected chi connectivity index (χ2v) is 8.68. The van der Waals surface area contributed by atoms with Crippen molar-refractivity contribution in [3.05, 3.63) is 106 Å². The van der Waals surface area contributed by atoms with Crippen LogP contribution in [-0.4, -0.2) is 35.2 Å². The predicted molar refractivity (Wildman–Crippen MR) is 127 cm³/mol. The number of nitro benzene ring substituents is 1. The third kappa shape index (κ3) is 6.48. The Morgan fingerprint density at radius 3 is 2.09 bits per heavy atom. The van der Waals surface area contributed by atoms with Gasteiger partial charge < -0.3 is 9.64 Å². The number of piperidine rings is 1. The minimum Gasteiger partial charge on any atom is -0.486 e. The van der Waals surface area contributed by atoms with Gasteiger partial charge in [0.15, 0.2) is 5.78 Å². The lowest BCUT2D eigenvalue weighted by Crippen LogP contribution is -2.37. The van der Waals surface area contributed by atoms with E-state index in [4.69, 9.17) is 4.74 Å². The molecule has 0 N–H and O–H groups in total. The first kappa shape index (κ1) is 24.5. The molecule has 0 bridgehead atoms. The average Bonchev–Trinajstić information content (AvgIpc) is 2.88. The summed E-state index contributed by atoms with van der Waals surface area (Å²) < 4.78 is 32.7. The number of Topliss-reactive ketones (excluding diaryl/α,β-unsaturated/α-hetero) is 1. The first-order valence-electron chi connectivity index (χ1n) is 11.6. The van der Waals surface area contributed by atoms with E-state index in [0.29, 0.717) is 24.3 Å². The van der Waals surface area contributed by atoms with Crippen LogP contribution in [0.2, 0.25) is 0 Å². The molecule has 3 aromatic carbocycles. The molecule has 0 aromatic heterocycles. The summed E-state index contributed by atoms with van der Waals surface area (Å²) in [6.07, 6.45) is 1.70. The maximum atomic E-state index is 13.5. The van der Waals surface area contributed by atoms with Gasteiger partial charge in [-0.05, 0) is 80.0 Å². The minimum absolute atomic E-state index is 0.0197. The smallest absolute Gasteiger partial charge is 0.269 e. The fraction of sp³-hybridized carbons (Fsp3) is 0.296. The molecule has 0 radical (unpaired) electrons. The summed E-state index contributed by atoms with van der Waals surface area (Å²) in [5.74, 6) is -0.233. The van der Waals surface area contributed by atoms with E-state index in [0.717, 1.165) is 31.5 Å². The number of nitrogens with zero attached hydrogens (tertiary/aromatic N) is 2. The van der Waals surface area contributed by atoms with Gasteiger partial charge in [0.1, 0.15) is 23.5 Å². The number of non-ortho nitro benzene ring substituents is 1. The van der Waals surface area contributed by atoms with Crippen molar-refractivity contribution in [3.8, 4) is 5.75 Å². The Hall–Kier alpha value is -3.65. The number of halogens is 2. The van der Waals surface area contributed by atoms with E-state index in [1.807, 2.05) is 0 Å². The summed E-state index contributed by atoms with van der Waals surface area (Å²) in [6.45, 7) is 2.23. The Kier molecular flexibility index (Phi) is 7.82. The topological polar surface area (TPSA) is 72.7 Å². The van der Waals surface area contributed by atoms with Crippen LogP contribution >= 0.6 is 0 Å². The van der Waals surface area contributed by atoms with Gasteiger partial charge in [0.2, 0.25) is 0 Å². The number of hydrogen-bond donors (Lipinski definition) is 0. The zero-order chi connectivity index (χ0) is 24.8. The molecular formula is C27H26F2N2O4. The molecule has 0 aliphatic carbocycles. The molecule has 1 saturated heterocycles. The second kappa shape index (κ2) is 11.2. The van der Waals surface area contributed by atoms with Crippen LogP contribution in [0.25, 0.3) is 0 Å². The number of hydrogen-bond acceptors (Lipinski definition) is 5. The van der Waals surface area contributed by atoms with E-state index >= 15 is 0 Å². The molecule has 1 heterocycles. The van der Waals surface area contributed by atoms with Crippen LogP contribution in [0.15, 0.2) is 72.8 Å². The number of ketones is 1. The molecule has 1 unspecified atom stereocenters.